The van der Waals surface area contributed by atoms with Gasteiger partial charge in [0.15, 0.2) is 0 Å². The Kier molecular flexibility index (Phi) is 7.55. The van der Waals surface area contributed by atoms with Crippen LogP contribution in [0.4, 0.5) is 5.69 Å². The number of hydrogen-bond acceptors (Lipinski definition) is 5. The Morgan fingerprint density at radius 2 is 2.00 bits per heavy atom. The fourth-order valence-corrected chi connectivity index (χ4v) is 4.94. The molecular weight excluding hydrogens is 452 g/mol. The second kappa shape index (κ2) is 10.4. The Labute approximate surface area is 206 Å². The minimum atomic E-state index is -0.205. The Morgan fingerprint density at radius 3 is 2.68 bits per heavy atom. The number of hydrogen-bond donors (Lipinski definition) is 1. The molecule has 0 radical (unpaired) electrons. The van der Waals surface area contributed by atoms with Crippen molar-refractivity contribution in [2.45, 2.75) is 46.7 Å². The summed E-state index contributed by atoms with van der Waals surface area (Å²) in [6, 6.07) is 5.73. The van der Waals surface area contributed by atoms with Crippen molar-refractivity contribution < 1.29 is 14.3 Å². The van der Waals surface area contributed by atoms with Crippen molar-refractivity contribution in [3.8, 4) is 0 Å². The standard InChI is InChI=1S/C26H33ClN4O3/c1-16-9-21(12-28-19(16)4)25(32)29-24-11-23(27)10-22(18(24)3)14-30-6-7-31(17(2)13-30)26(33)20-5-8-34-15-20/h9-12,17,20H,5-8,13-15H2,1-4H3,(H,29,32). The maximum absolute atomic E-state index is 12.8. The van der Waals surface area contributed by atoms with Gasteiger partial charge < -0.3 is 15.0 Å². The van der Waals surface area contributed by atoms with Crippen molar-refractivity contribution in [3.05, 3.63) is 57.4 Å². The highest BCUT2D eigenvalue weighted by Crippen LogP contribution is 2.28. The van der Waals surface area contributed by atoms with Crippen molar-refractivity contribution in [3.63, 3.8) is 0 Å². The number of piperazine rings is 1. The number of carbonyl (C=O) groups is 2. The number of ether oxygens (including phenoxy) is 1. The molecule has 2 atom stereocenters. The van der Waals surface area contributed by atoms with Gasteiger partial charge in [-0.15, -0.1) is 0 Å². The van der Waals surface area contributed by atoms with Crippen LogP contribution in [0, 0.1) is 26.7 Å². The zero-order chi connectivity index (χ0) is 24.4. The molecule has 4 rings (SSSR count). The van der Waals surface area contributed by atoms with Gasteiger partial charge in [0, 0.05) is 61.4 Å². The molecule has 2 aliphatic rings. The summed E-state index contributed by atoms with van der Waals surface area (Å²) in [5.74, 6) is 0.0147. The fraction of sp³-hybridized carbons (Fsp3) is 0.500. The number of aryl methyl sites for hydroxylation is 2. The van der Waals surface area contributed by atoms with E-state index in [1.807, 2.05) is 37.8 Å². The van der Waals surface area contributed by atoms with E-state index in [-0.39, 0.29) is 23.8 Å². The van der Waals surface area contributed by atoms with Gasteiger partial charge in [-0.2, -0.15) is 0 Å². The molecule has 1 aromatic carbocycles. The smallest absolute Gasteiger partial charge is 0.257 e. The first kappa shape index (κ1) is 24.6. The van der Waals surface area contributed by atoms with Gasteiger partial charge in [-0.25, -0.2) is 0 Å². The number of rotatable bonds is 5. The predicted molar refractivity (Wildman–Crippen MR) is 133 cm³/mol. The molecular formula is C26H33ClN4O3. The summed E-state index contributed by atoms with van der Waals surface area (Å²) in [7, 11) is 0. The van der Waals surface area contributed by atoms with Gasteiger partial charge in [-0.3, -0.25) is 19.5 Å². The number of halogens is 1. The van der Waals surface area contributed by atoms with Crippen molar-refractivity contribution in [2.24, 2.45) is 5.92 Å². The van der Waals surface area contributed by atoms with E-state index < -0.39 is 0 Å². The Hall–Kier alpha value is -2.48. The zero-order valence-electron chi connectivity index (χ0n) is 20.4. The van der Waals surface area contributed by atoms with Crippen molar-refractivity contribution in [2.75, 3.05) is 38.2 Å². The average Bonchev–Trinajstić information content (AvgIpc) is 3.33. The van der Waals surface area contributed by atoms with E-state index in [4.69, 9.17) is 16.3 Å². The minimum absolute atomic E-state index is 0.00265. The third-order valence-corrected chi connectivity index (χ3v) is 7.22. The van der Waals surface area contributed by atoms with Gasteiger partial charge in [0.05, 0.1) is 18.1 Å². The SMILES string of the molecule is Cc1cc(C(=O)Nc2cc(Cl)cc(CN3CCN(C(=O)C4CCOC4)C(C)C3)c2C)cnc1C. The zero-order valence-corrected chi connectivity index (χ0v) is 21.1. The number of nitrogens with zero attached hydrogens (tertiary/aromatic N) is 3. The van der Waals surface area contributed by atoms with Gasteiger partial charge in [0.1, 0.15) is 0 Å². The summed E-state index contributed by atoms with van der Waals surface area (Å²) < 4.78 is 5.40. The lowest BCUT2D eigenvalue weighted by Gasteiger charge is -2.41. The lowest BCUT2D eigenvalue weighted by atomic mass is 10.0. The van der Waals surface area contributed by atoms with E-state index >= 15 is 0 Å². The van der Waals surface area contributed by atoms with Crippen molar-refractivity contribution in [1.29, 1.82) is 0 Å². The quantitative estimate of drug-likeness (QED) is 0.694. The number of anilines is 1. The lowest BCUT2D eigenvalue weighted by molar-refractivity contribution is -0.140. The number of aromatic nitrogens is 1. The first-order chi connectivity index (χ1) is 16.2. The van der Waals surface area contributed by atoms with Crippen LogP contribution in [0.3, 0.4) is 0 Å². The molecule has 0 bridgehead atoms. The van der Waals surface area contributed by atoms with E-state index in [1.165, 1.54) is 0 Å². The summed E-state index contributed by atoms with van der Waals surface area (Å²) in [6.07, 6.45) is 2.42. The summed E-state index contributed by atoms with van der Waals surface area (Å²) in [4.78, 5) is 34.3. The number of nitrogens with one attached hydrogen (secondary N) is 1. The molecule has 1 aromatic heterocycles. The van der Waals surface area contributed by atoms with Crippen LogP contribution in [0.5, 0.6) is 0 Å². The van der Waals surface area contributed by atoms with Crippen LogP contribution < -0.4 is 5.32 Å². The molecule has 7 nitrogen and oxygen atoms in total. The predicted octanol–water partition coefficient (Wildman–Crippen LogP) is 3.98. The van der Waals surface area contributed by atoms with E-state index in [9.17, 15) is 9.59 Å². The highest BCUT2D eigenvalue weighted by Gasteiger charge is 2.33. The molecule has 0 aliphatic carbocycles. The average molecular weight is 485 g/mol. The Morgan fingerprint density at radius 1 is 1.21 bits per heavy atom. The molecule has 2 fully saturated rings. The topological polar surface area (TPSA) is 74.8 Å². The summed E-state index contributed by atoms with van der Waals surface area (Å²) in [5.41, 5.74) is 5.16. The van der Waals surface area contributed by atoms with Gasteiger partial charge in [0.25, 0.3) is 5.91 Å². The summed E-state index contributed by atoms with van der Waals surface area (Å²) >= 11 is 6.43. The molecule has 1 N–H and O–H groups in total. The second-order valence-electron chi connectivity index (χ2n) is 9.49. The normalized spacial score (nSPS) is 21.0. The van der Waals surface area contributed by atoms with Gasteiger partial charge in [-0.1, -0.05) is 11.6 Å². The maximum atomic E-state index is 12.8. The molecule has 0 spiro atoms. The van der Waals surface area contributed by atoms with Crippen LogP contribution in [0.15, 0.2) is 24.4 Å². The van der Waals surface area contributed by atoms with Gasteiger partial charge >= 0.3 is 0 Å². The van der Waals surface area contributed by atoms with Crippen LogP contribution in [-0.4, -0.2) is 65.5 Å². The van der Waals surface area contributed by atoms with Crippen LogP contribution >= 0.6 is 11.6 Å². The Bertz CT molecular complexity index is 1080. The van der Waals surface area contributed by atoms with E-state index in [2.05, 4.69) is 22.1 Å². The van der Waals surface area contributed by atoms with Crippen LogP contribution in [0.25, 0.3) is 0 Å². The van der Waals surface area contributed by atoms with Crippen LogP contribution in [0.2, 0.25) is 5.02 Å². The molecule has 34 heavy (non-hydrogen) atoms. The largest absolute Gasteiger partial charge is 0.381 e. The highest BCUT2D eigenvalue weighted by molar-refractivity contribution is 6.31. The molecule has 2 saturated heterocycles. The fourth-order valence-electron chi connectivity index (χ4n) is 4.70. The lowest BCUT2D eigenvalue weighted by Crippen LogP contribution is -2.55. The number of pyridine rings is 1. The molecule has 2 aromatic rings. The second-order valence-corrected chi connectivity index (χ2v) is 9.93. The molecule has 2 aliphatic heterocycles. The van der Waals surface area contributed by atoms with Crippen LogP contribution in [-0.2, 0) is 16.1 Å². The molecule has 3 heterocycles. The van der Waals surface area contributed by atoms with E-state index in [0.717, 1.165) is 41.9 Å². The molecule has 182 valence electrons. The molecule has 8 heteroatoms. The first-order valence-corrected chi connectivity index (χ1v) is 12.2. The highest BCUT2D eigenvalue weighted by atomic mass is 35.5. The third kappa shape index (κ3) is 5.43. The van der Waals surface area contributed by atoms with Crippen LogP contribution in [0.1, 0.15) is 46.1 Å². The Balaban J connectivity index is 1.43. The number of carbonyl (C=O) groups excluding carboxylic acids is 2. The third-order valence-electron chi connectivity index (χ3n) is 7.00. The monoisotopic (exact) mass is 484 g/mol. The molecule has 2 unspecified atom stereocenters. The molecule has 2 amide bonds. The summed E-state index contributed by atoms with van der Waals surface area (Å²) in [5, 5.41) is 3.59. The number of amides is 2. The maximum Gasteiger partial charge on any atom is 0.257 e. The van der Waals surface area contributed by atoms with Crippen molar-refractivity contribution in [1.82, 2.24) is 14.8 Å². The minimum Gasteiger partial charge on any atom is -0.381 e. The van der Waals surface area contributed by atoms with Gasteiger partial charge in [-0.05, 0) is 69.0 Å². The molecule has 0 saturated carbocycles. The first-order valence-electron chi connectivity index (χ1n) is 11.9. The summed E-state index contributed by atoms with van der Waals surface area (Å²) in [6.45, 7) is 12.2. The van der Waals surface area contributed by atoms with Crippen molar-refractivity contribution >= 4 is 29.1 Å². The van der Waals surface area contributed by atoms with E-state index in [1.54, 1.807) is 12.3 Å². The number of benzene rings is 1. The van der Waals surface area contributed by atoms with Gasteiger partial charge in [0.2, 0.25) is 5.91 Å². The van der Waals surface area contributed by atoms with E-state index in [0.29, 0.717) is 42.6 Å².